The minimum absolute atomic E-state index is 0.189. The van der Waals surface area contributed by atoms with E-state index >= 15 is 0 Å². The summed E-state index contributed by atoms with van der Waals surface area (Å²) in [5, 5.41) is 2.72. The molecule has 1 aromatic rings. The maximum atomic E-state index is 12.2. The van der Waals surface area contributed by atoms with Gasteiger partial charge in [-0.3, -0.25) is 0 Å². The molecule has 1 heterocycles. The van der Waals surface area contributed by atoms with Gasteiger partial charge in [0.05, 0.1) is 10.2 Å². The molecule has 0 atom stereocenters. The largest absolute Gasteiger partial charge is 0.486 e. The van der Waals surface area contributed by atoms with Crippen LogP contribution in [0.2, 0.25) is 0 Å². The average molecular weight is 406 g/mol. The number of halogens is 3. The Morgan fingerprint density at radius 1 is 1.29 bits per heavy atom. The first kappa shape index (κ1) is 18.2. The van der Waals surface area contributed by atoms with Crippen molar-refractivity contribution in [2.24, 2.45) is 0 Å². The summed E-state index contributed by atoms with van der Waals surface area (Å²) in [6.45, 7) is 2.12. The molecule has 6 nitrogen and oxygen atoms in total. The van der Waals surface area contributed by atoms with Crippen LogP contribution in [0.25, 0.3) is 0 Å². The molecule has 9 heteroatoms. The molecule has 2 rings (SSSR count). The fourth-order valence-electron chi connectivity index (χ4n) is 1.81. The molecule has 0 bridgehead atoms. The van der Waals surface area contributed by atoms with Crippen molar-refractivity contribution < 1.29 is 32.6 Å². The van der Waals surface area contributed by atoms with Crippen molar-refractivity contribution in [3.63, 3.8) is 0 Å². The van der Waals surface area contributed by atoms with Gasteiger partial charge in [0.25, 0.3) is 12.2 Å². The highest BCUT2D eigenvalue weighted by Crippen LogP contribution is 2.33. The van der Waals surface area contributed by atoms with Gasteiger partial charge in [0, 0.05) is 20.0 Å². The molecule has 1 saturated heterocycles. The highest BCUT2D eigenvalue weighted by atomic mass is 79.9. The molecule has 130 valence electrons. The number of hydrogen-bond acceptors (Lipinski definition) is 6. The Kier molecular flexibility index (Phi) is 5.43. The van der Waals surface area contributed by atoms with Crippen molar-refractivity contribution >= 4 is 33.6 Å². The predicted molar refractivity (Wildman–Crippen MR) is 83.6 cm³/mol. The number of ether oxygens (including phenoxy) is 3. The number of esters is 2. The minimum atomic E-state index is -2.61. The van der Waals surface area contributed by atoms with Crippen LogP contribution in [-0.4, -0.2) is 30.8 Å². The Labute approximate surface area is 144 Å². The fourth-order valence-corrected chi connectivity index (χ4v) is 2.31. The first-order chi connectivity index (χ1) is 11.2. The van der Waals surface area contributed by atoms with Crippen molar-refractivity contribution in [1.82, 2.24) is 0 Å². The van der Waals surface area contributed by atoms with Gasteiger partial charge in [0.2, 0.25) is 0 Å². The molecule has 0 amide bonds. The molecule has 0 radical (unpaired) electrons. The number of carbonyl (C=O) groups is 2. The second kappa shape index (κ2) is 7.16. The standard InChI is InChI=1S/C15H14BrF2NO5/c1-15(2)23-13(20)8(14(21)24-15)6-19-9-4-3-5-10(12(9)16)22-7-11(17)18/h3-6,11,19H,7H2,1-2H3. The zero-order valence-corrected chi connectivity index (χ0v) is 14.4. The van der Waals surface area contributed by atoms with Crippen molar-refractivity contribution in [2.45, 2.75) is 26.1 Å². The molecule has 0 aliphatic carbocycles. The number of hydrogen-bond donors (Lipinski definition) is 1. The average Bonchev–Trinajstić information content (AvgIpc) is 2.45. The van der Waals surface area contributed by atoms with E-state index in [1.54, 1.807) is 12.1 Å². The van der Waals surface area contributed by atoms with E-state index in [2.05, 4.69) is 21.2 Å². The summed E-state index contributed by atoms with van der Waals surface area (Å²) >= 11 is 3.21. The zero-order valence-electron chi connectivity index (χ0n) is 12.8. The first-order valence-electron chi connectivity index (χ1n) is 6.82. The predicted octanol–water partition coefficient (Wildman–Crippen LogP) is 3.22. The lowest BCUT2D eigenvalue weighted by Gasteiger charge is -2.29. The summed E-state index contributed by atoms with van der Waals surface area (Å²) in [5.41, 5.74) is 0.0832. The number of anilines is 1. The third-order valence-corrected chi connectivity index (χ3v) is 3.63. The summed E-state index contributed by atoms with van der Waals surface area (Å²) in [7, 11) is 0. The molecule has 1 aromatic carbocycles. The lowest BCUT2D eigenvalue weighted by molar-refractivity contribution is -0.222. The first-order valence-corrected chi connectivity index (χ1v) is 7.62. The molecular weight excluding hydrogens is 392 g/mol. The Bertz CT molecular complexity index is 668. The van der Waals surface area contributed by atoms with Gasteiger partial charge in [0.1, 0.15) is 12.4 Å². The lowest BCUT2D eigenvalue weighted by Crippen LogP contribution is -2.42. The molecule has 0 aromatic heterocycles. The third-order valence-electron chi connectivity index (χ3n) is 2.82. The van der Waals surface area contributed by atoms with E-state index in [4.69, 9.17) is 14.2 Å². The van der Waals surface area contributed by atoms with Crippen LogP contribution in [0.4, 0.5) is 14.5 Å². The van der Waals surface area contributed by atoms with E-state index in [1.807, 2.05) is 0 Å². The molecular formula is C15H14BrF2NO5. The molecule has 24 heavy (non-hydrogen) atoms. The summed E-state index contributed by atoms with van der Waals surface area (Å²) in [5.74, 6) is -2.79. The quantitative estimate of drug-likeness (QED) is 0.460. The Balaban J connectivity index is 2.15. The maximum Gasteiger partial charge on any atom is 0.350 e. The van der Waals surface area contributed by atoms with Crippen LogP contribution >= 0.6 is 15.9 Å². The van der Waals surface area contributed by atoms with E-state index < -0.39 is 30.8 Å². The molecule has 1 fully saturated rings. The van der Waals surface area contributed by atoms with Gasteiger partial charge < -0.3 is 19.5 Å². The van der Waals surface area contributed by atoms with E-state index in [1.165, 1.54) is 19.9 Å². The molecule has 0 spiro atoms. The normalized spacial score (nSPS) is 16.5. The molecule has 0 unspecified atom stereocenters. The van der Waals surface area contributed by atoms with Gasteiger partial charge in [0.15, 0.2) is 5.57 Å². The number of alkyl halides is 2. The van der Waals surface area contributed by atoms with Gasteiger partial charge in [-0.1, -0.05) is 6.07 Å². The van der Waals surface area contributed by atoms with Crippen LogP contribution in [0.3, 0.4) is 0 Å². The van der Waals surface area contributed by atoms with Gasteiger partial charge in [-0.15, -0.1) is 0 Å². The SMILES string of the molecule is CC1(C)OC(=O)C(=CNc2cccc(OCC(F)F)c2Br)C(=O)O1. The maximum absolute atomic E-state index is 12.2. The van der Waals surface area contributed by atoms with Crippen LogP contribution in [0.1, 0.15) is 13.8 Å². The highest BCUT2D eigenvalue weighted by molar-refractivity contribution is 9.10. The Hall–Kier alpha value is -2.16. The van der Waals surface area contributed by atoms with Crippen LogP contribution in [0.15, 0.2) is 34.4 Å². The van der Waals surface area contributed by atoms with Crippen LogP contribution in [0, 0.1) is 0 Å². The second-order valence-electron chi connectivity index (χ2n) is 5.20. The zero-order chi connectivity index (χ0) is 17.9. The number of cyclic esters (lactones) is 2. The summed E-state index contributed by atoms with van der Waals surface area (Å²) in [4.78, 5) is 23.6. The van der Waals surface area contributed by atoms with Gasteiger partial charge in [-0.05, 0) is 28.1 Å². The number of carbonyl (C=O) groups excluding carboxylic acids is 2. The second-order valence-corrected chi connectivity index (χ2v) is 5.99. The smallest absolute Gasteiger partial charge is 0.350 e. The number of benzene rings is 1. The monoisotopic (exact) mass is 405 g/mol. The van der Waals surface area contributed by atoms with E-state index in [0.29, 0.717) is 10.2 Å². The summed E-state index contributed by atoms with van der Waals surface area (Å²) in [6.07, 6.45) is -1.48. The highest BCUT2D eigenvalue weighted by Gasteiger charge is 2.38. The van der Waals surface area contributed by atoms with Crippen LogP contribution in [-0.2, 0) is 19.1 Å². The number of rotatable bonds is 5. The third kappa shape index (κ3) is 4.44. The lowest BCUT2D eigenvalue weighted by atomic mass is 10.2. The summed E-state index contributed by atoms with van der Waals surface area (Å²) < 4.78 is 39.7. The van der Waals surface area contributed by atoms with Crippen LogP contribution in [0.5, 0.6) is 5.75 Å². The van der Waals surface area contributed by atoms with E-state index in [-0.39, 0.29) is 11.3 Å². The topological polar surface area (TPSA) is 73.9 Å². The molecule has 1 N–H and O–H groups in total. The van der Waals surface area contributed by atoms with Crippen molar-refractivity contribution in [1.29, 1.82) is 0 Å². The van der Waals surface area contributed by atoms with E-state index in [9.17, 15) is 18.4 Å². The Morgan fingerprint density at radius 3 is 2.50 bits per heavy atom. The van der Waals surface area contributed by atoms with Crippen molar-refractivity contribution in [3.8, 4) is 5.75 Å². The molecule has 1 aliphatic heterocycles. The van der Waals surface area contributed by atoms with E-state index in [0.717, 1.165) is 6.20 Å². The van der Waals surface area contributed by atoms with Gasteiger partial charge in [-0.2, -0.15) is 0 Å². The van der Waals surface area contributed by atoms with Crippen molar-refractivity contribution in [2.75, 3.05) is 11.9 Å². The molecule has 1 aliphatic rings. The number of nitrogens with one attached hydrogen (secondary N) is 1. The Morgan fingerprint density at radius 2 is 1.92 bits per heavy atom. The van der Waals surface area contributed by atoms with Gasteiger partial charge in [-0.25, -0.2) is 18.4 Å². The summed E-state index contributed by atoms with van der Waals surface area (Å²) in [6, 6.07) is 4.66. The van der Waals surface area contributed by atoms with Crippen LogP contribution < -0.4 is 10.1 Å². The van der Waals surface area contributed by atoms with Crippen molar-refractivity contribution in [3.05, 3.63) is 34.4 Å². The van der Waals surface area contributed by atoms with Gasteiger partial charge >= 0.3 is 11.9 Å². The fraction of sp³-hybridized carbons (Fsp3) is 0.333. The molecule has 0 saturated carbocycles. The minimum Gasteiger partial charge on any atom is -0.486 e.